The SMILES string of the molecule is CC(=O)c1ccc(NC(=O)CNC(=O)c2ccc(-c3ccccc3)cc2)cc1. The van der Waals surface area contributed by atoms with E-state index in [9.17, 15) is 14.4 Å². The van der Waals surface area contributed by atoms with Crippen molar-refractivity contribution in [2.75, 3.05) is 11.9 Å². The zero-order valence-corrected chi connectivity index (χ0v) is 15.4. The average molecular weight is 372 g/mol. The molecule has 0 bridgehead atoms. The molecule has 0 aliphatic heterocycles. The van der Waals surface area contributed by atoms with E-state index in [1.165, 1.54) is 6.92 Å². The number of anilines is 1. The van der Waals surface area contributed by atoms with Gasteiger partial charge in [0.25, 0.3) is 5.91 Å². The molecule has 0 saturated carbocycles. The summed E-state index contributed by atoms with van der Waals surface area (Å²) < 4.78 is 0. The fraction of sp³-hybridized carbons (Fsp3) is 0.0870. The maximum absolute atomic E-state index is 12.2. The number of hydrogen-bond acceptors (Lipinski definition) is 3. The van der Waals surface area contributed by atoms with Gasteiger partial charge in [-0.15, -0.1) is 0 Å². The van der Waals surface area contributed by atoms with Gasteiger partial charge in [-0.2, -0.15) is 0 Å². The van der Waals surface area contributed by atoms with Gasteiger partial charge in [0.15, 0.2) is 5.78 Å². The Balaban J connectivity index is 1.53. The summed E-state index contributed by atoms with van der Waals surface area (Å²) in [5.74, 6) is -0.699. The highest BCUT2D eigenvalue weighted by molar-refractivity contribution is 6.00. The summed E-state index contributed by atoms with van der Waals surface area (Å²) in [6.45, 7) is 1.34. The standard InChI is InChI=1S/C23H20N2O3/c1-16(26)17-11-13-21(14-12-17)25-22(27)15-24-23(28)20-9-7-19(8-10-20)18-5-3-2-4-6-18/h2-14H,15H2,1H3,(H,24,28)(H,25,27). The number of carbonyl (C=O) groups is 3. The predicted molar refractivity (Wildman–Crippen MR) is 109 cm³/mol. The summed E-state index contributed by atoms with van der Waals surface area (Å²) in [5.41, 5.74) is 3.72. The van der Waals surface area contributed by atoms with Gasteiger partial charge < -0.3 is 10.6 Å². The van der Waals surface area contributed by atoms with E-state index in [1.54, 1.807) is 36.4 Å². The minimum absolute atomic E-state index is 0.0385. The molecule has 5 heteroatoms. The Kier molecular flexibility index (Phi) is 5.97. The first-order chi connectivity index (χ1) is 13.5. The van der Waals surface area contributed by atoms with Crippen molar-refractivity contribution in [2.45, 2.75) is 6.92 Å². The fourth-order valence-electron chi connectivity index (χ4n) is 2.70. The van der Waals surface area contributed by atoms with Crippen LogP contribution in [-0.2, 0) is 4.79 Å². The summed E-state index contributed by atoms with van der Waals surface area (Å²) in [6, 6.07) is 23.7. The van der Waals surface area contributed by atoms with Gasteiger partial charge in [0.2, 0.25) is 5.91 Å². The van der Waals surface area contributed by atoms with E-state index < -0.39 is 0 Å². The molecule has 28 heavy (non-hydrogen) atoms. The first-order valence-corrected chi connectivity index (χ1v) is 8.87. The van der Waals surface area contributed by atoms with Crippen LogP contribution in [0.4, 0.5) is 5.69 Å². The molecular weight excluding hydrogens is 352 g/mol. The van der Waals surface area contributed by atoms with Gasteiger partial charge in [0.05, 0.1) is 6.54 Å². The monoisotopic (exact) mass is 372 g/mol. The number of rotatable bonds is 6. The Morgan fingerprint density at radius 3 is 1.89 bits per heavy atom. The highest BCUT2D eigenvalue weighted by Gasteiger charge is 2.09. The fourth-order valence-corrected chi connectivity index (χ4v) is 2.70. The Bertz CT molecular complexity index is 979. The molecule has 0 spiro atoms. The summed E-state index contributed by atoms with van der Waals surface area (Å²) in [7, 11) is 0. The smallest absolute Gasteiger partial charge is 0.251 e. The van der Waals surface area contributed by atoms with Crippen LogP contribution in [0.5, 0.6) is 0 Å². The molecule has 0 radical (unpaired) electrons. The normalized spacial score (nSPS) is 10.2. The molecule has 0 fully saturated rings. The van der Waals surface area contributed by atoms with Crippen LogP contribution in [0.1, 0.15) is 27.6 Å². The zero-order valence-electron chi connectivity index (χ0n) is 15.4. The first-order valence-electron chi connectivity index (χ1n) is 8.87. The van der Waals surface area contributed by atoms with E-state index in [4.69, 9.17) is 0 Å². The maximum atomic E-state index is 12.2. The largest absolute Gasteiger partial charge is 0.343 e. The second-order valence-corrected chi connectivity index (χ2v) is 6.31. The molecule has 0 heterocycles. The lowest BCUT2D eigenvalue weighted by molar-refractivity contribution is -0.115. The molecule has 3 rings (SSSR count). The van der Waals surface area contributed by atoms with Gasteiger partial charge in [-0.25, -0.2) is 0 Å². The minimum Gasteiger partial charge on any atom is -0.343 e. The van der Waals surface area contributed by atoms with E-state index in [-0.39, 0.29) is 24.1 Å². The molecule has 3 aromatic carbocycles. The van der Waals surface area contributed by atoms with Crippen LogP contribution in [0.2, 0.25) is 0 Å². The second kappa shape index (κ2) is 8.77. The molecule has 0 unspecified atom stereocenters. The topological polar surface area (TPSA) is 75.3 Å². The number of Topliss-reactive ketones (excluding diaryl/α,β-unsaturated/α-hetero) is 1. The van der Waals surface area contributed by atoms with Crippen LogP contribution in [0.15, 0.2) is 78.9 Å². The summed E-state index contributed by atoms with van der Waals surface area (Å²) >= 11 is 0. The average Bonchev–Trinajstić information content (AvgIpc) is 2.73. The number of nitrogens with one attached hydrogen (secondary N) is 2. The highest BCUT2D eigenvalue weighted by Crippen LogP contribution is 2.19. The Labute approximate surface area is 163 Å². The third-order valence-electron chi connectivity index (χ3n) is 4.24. The molecule has 2 amide bonds. The molecule has 5 nitrogen and oxygen atoms in total. The van der Waals surface area contributed by atoms with Gasteiger partial charge in [0.1, 0.15) is 0 Å². The summed E-state index contributed by atoms with van der Waals surface area (Å²) in [6.07, 6.45) is 0. The van der Waals surface area contributed by atoms with E-state index in [0.717, 1.165) is 11.1 Å². The van der Waals surface area contributed by atoms with Crippen molar-refractivity contribution in [3.63, 3.8) is 0 Å². The number of ketones is 1. The lowest BCUT2D eigenvalue weighted by Crippen LogP contribution is -2.32. The molecule has 3 aromatic rings. The van der Waals surface area contributed by atoms with Gasteiger partial charge >= 0.3 is 0 Å². The first kappa shape index (κ1) is 19.0. The molecule has 0 saturated heterocycles. The van der Waals surface area contributed by atoms with Gasteiger partial charge in [-0.3, -0.25) is 14.4 Å². The van der Waals surface area contributed by atoms with Crippen LogP contribution in [0, 0.1) is 0 Å². The van der Waals surface area contributed by atoms with Gasteiger partial charge in [-0.05, 0) is 54.4 Å². The molecule has 0 aliphatic carbocycles. The Hall–Kier alpha value is -3.73. The second-order valence-electron chi connectivity index (χ2n) is 6.31. The van der Waals surface area contributed by atoms with Crippen LogP contribution >= 0.6 is 0 Å². The summed E-state index contributed by atoms with van der Waals surface area (Å²) in [4.78, 5) is 35.5. The van der Waals surface area contributed by atoms with Crippen LogP contribution < -0.4 is 10.6 Å². The lowest BCUT2D eigenvalue weighted by Gasteiger charge is -2.08. The molecule has 0 atom stereocenters. The van der Waals surface area contributed by atoms with Crippen molar-refractivity contribution >= 4 is 23.3 Å². The van der Waals surface area contributed by atoms with E-state index >= 15 is 0 Å². The van der Waals surface area contributed by atoms with Gasteiger partial charge in [-0.1, -0.05) is 42.5 Å². The molecular formula is C23H20N2O3. The number of hydrogen-bond donors (Lipinski definition) is 2. The molecule has 140 valence electrons. The van der Waals surface area contributed by atoms with Crippen molar-refractivity contribution in [1.29, 1.82) is 0 Å². The van der Waals surface area contributed by atoms with Crippen molar-refractivity contribution in [1.82, 2.24) is 5.32 Å². The van der Waals surface area contributed by atoms with Crippen molar-refractivity contribution in [2.24, 2.45) is 0 Å². The van der Waals surface area contributed by atoms with E-state index in [2.05, 4.69) is 10.6 Å². The summed E-state index contributed by atoms with van der Waals surface area (Å²) in [5, 5.41) is 5.28. The highest BCUT2D eigenvalue weighted by atomic mass is 16.2. The van der Waals surface area contributed by atoms with Crippen molar-refractivity contribution in [3.05, 3.63) is 90.0 Å². The third-order valence-corrected chi connectivity index (χ3v) is 4.24. The van der Waals surface area contributed by atoms with Crippen LogP contribution in [0.3, 0.4) is 0 Å². The zero-order chi connectivity index (χ0) is 19.9. The number of carbonyl (C=O) groups excluding carboxylic acids is 3. The van der Waals surface area contributed by atoms with E-state index in [0.29, 0.717) is 16.8 Å². The van der Waals surface area contributed by atoms with Crippen LogP contribution in [-0.4, -0.2) is 24.1 Å². The molecule has 0 aromatic heterocycles. The Morgan fingerprint density at radius 2 is 1.29 bits per heavy atom. The number of amides is 2. The predicted octanol–water partition coefficient (Wildman–Crippen LogP) is 3.92. The third kappa shape index (κ3) is 4.92. The van der Waals surface area contributed by atoms with Crippen molar-refractivity contribution < 1.29 is 14.4 Å². The van der Waals surface area contributed by atoms with Crippen molar-refractivity contribution in [3.8, 4) is 11.1 Å². The maximum Gasteiger partial charge on any atom is 0.251 e. The molecule has 2 N–H and O–H groups in total. The van der Waals surface area contributed by atoms with Crippen LogP contribution in [0.25, 0.3) is 11.1 Å². The Morgan fingerprint density at radius 1 is 0.714 bits per heavy atom. The minimum atomic E-state index is -0.343. The van der Waals surface area contributed by atoms with E-state index in [1.807, 2.05) is 42.5 Å². The lowest BCUT2D eigenvalue weighted by atomic mass is 10.0. The quantitative estimate of drug-likeness (QED) is 0.644. The van der Waals surface area contributed by atoms with Gasteiger partial charge in [0, 0.05) is 16.8 Å². The molecule has 0 aliphatic rings. The number of benzene rings is 3.